The monoisotopic (exact) mass is 332 g/mol. The molecule has 3 rings (SSSR count). The number of likely N-dealkylation sites (tertiary alicyclic amines) is 1. The molecule has 3 heterocycles. The molecule has 0 unspecified atom stereocenters. The van der Waals surface area contributed by atoms with E-state index in [-0.39, 0.29) is 23.8 Å². The molecule has 1 aliphatic rings. The van der Waals surface area contributed by atoms with Gasteiger partial charge in [-0.15, -0.1) is 5.10 Å². The molecule has 8 nitrogen and oxygen atoms in total. The summed E-state index contributed by atoms with van der Waals surface area (Å²) in [7, 11) is 5.35. The Bertz CT molecular complexity index is 735. The molecule has 24 heavy (non-hydrogen) atoms. The van der Waals surface area contributed by atoms with Crippen molar-refractivity contribution in [2.75, 3.05) is 20.2 Å². The second-order valence-electron chi connectivity index (χ2n) is 6.66. The predicted molar refractivity (Wildman–Crippen MR) is 87.7 cm³/mol. The van der Waals surface area contributed by atoms with E-state index in [4.69, 9.17) is 4.74 Å². The number of rotatable bonds is 4. The predicted octanol–water partition coefficient (Wildman–Crippen LogP) is 0.927. The molecule has 0 bridgehead atoms. The van der Waals surface area contributed by atoms with Crippen LogP contribution in [-0.4, -0.2) is 61.9 Å². The van der Waals surface area contributed by atoms with Crippen LogP contribution in [0.15, 0.2) is 12.4 Å². The molecule has 0 aromatic carbocycles. The van der Waals surface area contributed by atoms with Gasteiger partial charge in [-0.1, -0.05) is 19.1 Å². The third-order valence-electron chi connectivity index (χ3n) is 4.49. The number of carbonyl (C=O) groups excluding carboxylic acids is 1. The highest BCUT2D eigenvalue weighted by molar-refractivity contribution is 5.95. The Hall–Kier alpha value is -2.22. The van der Waals surface area contributed by atoms with Gasteiger partial charge >= 0.3 is 0 Å². The number of amides is 1. The highest BCUT2D eigenvalue weighted by Gasteiger charge is 2.39. The number of hydrogen-bond donors (Lipinski definition) is 0. The van der Waals surface area contributed by atoms with E-state index in [2.05, 4.69) is 15.4 Å². The standard InChI is InChI=1S/C16H24N6O2/c1-10(2)15-12(6-20(3)18-15)16(23)22-7-11(14(9-22)24-5)13-8-21(4)19-17-13/h6,8,10-11,14H,7,9H2,1-5H3/t11-,14+/m0/s1. The van der Waals surface area contributed by atoms with Gasteiger partial charge in [-0.2, -0.15) is 5.10 Å². The smallest absolute Gasteiger partial charge is 0.257 e. The van der Waals surface area contributed by atoms with Crippen molar-refractivity contribution in [3.63, 3.8) is 0 Å². The van der Waals surface area contributed by atoms with E-state index in [0.717, 1.165) is 11.4 Å². The fourth-order valence-electron chi connectivity index (χ4n) is 3.26. The lowest BCUT2D eigenvalue weighted by Gasteiger charge is -2.16. The van der Waals surface area contributed by atoms with Crippen LogP contribution in [0.3, 0.4) is 0 Å². The van der Waals surface area contributed by atoms with Gasteiger partial charge in [0.05, 0.1) is 29.0 Å². The molecule has 2 aromatic heterocycles. The van der Waals surface area contributed by atoms with Crippen molar-refractivity contribution in [3.8, 4) is 0 Å². The van der Waals surface area contributed by atoms with Gasteiger partial charge in [0.1, 0.15) is 0 Å². The highest BCUT2D eigenvalue weighted by atomic mass is 16.5. The van der Waals surface area contributed by atoms with Gasteiger partial charge in [-0.05, 0) is 5.92 Å². The molecule has 0 aliphatic carbocycles. The van der Waals surface area contributed by atoms with Crippen LogP contribution in [0.1, 0.15) is 47.4 Å². The zero-order chi connectivity index (χ0) is 17.4. The molecule has 1 saturated heterocycles. The number of hydrogen-bond acceptors (Lipinski definition) is 5. The maximum absolute atomic E-state index is 13.0. The lowest BCUT2D eigenvalue weighted by molar-refractivity contribution is 0.0713. The molecule has 0 spiro atoms. The van der Waals surface area contributed by atoms with Crippen molar-refractivity contribution in [2.24, 2.45) is 14.1 Å². The van der Waals surface area contributed by atoms with Gasteiger partial charge in [-0.25, -0.2) is 0 Å². The van der Waals surface area contributed by atoms with Gasteiger partial charge in [0.2, 0.25) is 0 Å². The average Bonchev–Trinajstić information content (AvgIpc) is 3.23. The summed E-state index contributed by atoms with van der Waals surface area (Å²) < 4.78 is 8.97. The first-order valence-corrected chi connectivity index (χ1v) is 8.12. The Balaban J connectivity index is 1.84. The first-order chi connectivity index (χ1) is 11.4. The second kappa shape index (κ2) is 6.35. The van der Waals surface area contributed by atoms with Crippen molar-refractivity contribution >= 4 is 5.91 Å². The van der Waals surface area contributed by atoms with Gasteiger partial charge in [0, 0.05) is 46.7 Å². The topological polar surface area (TPSA) is 78.1 Å². The average molecular weight is 332 g/mol. The van der Waals surface area contributed by atoms with Crippen LogP contribution in [-0.2, 0) is 18.8 Å². The Morgan fingerprint density at radius 2 is 2.00 bits per heavy atom. The van der Waals surface area contributed by atoms with Gasteiger partial charge in [0.25, 0.3) is 5.91 Å². The van der Waals surface area contributed by atoms with Crippen LogP contribution in [0.25, 0.3) is 0 Å². The van der Waals surface area contributed by atoms with Crippen molar-refractivity contribution in [1.82, 2.24) is 29.7 Å². The number of nitrogens with zero attached hydrogens (tertiary/aromatic N) is 6. The first-order valence-electron chi connectivity index (χ1n) is 8.12. The molecule has 1 fully saturated rings. The zero-order valence-corrected chi connectivity index (χ0v) is 14.8. The summed E-state index contributed by atoms with van der Waals surface area (Å²) in [5.41, 5.74) is 2.36. The maximum Gasteiger partial charge on any atom is 0.257 e. The van der Waals surface area contributed by atoms with Crippen LogP contribution in [0.2, 0.25) is 0 Å². The summed E-state index contributed by atoms with van der Waals surface area (Å²) >= 11 is 0. The minimum Gasteiger partial charge on any atom is -0.379 e. The minimum atomic E-state index is -0.0789. The Morgan fingerprint density at radius 1 is 1.25 bits per heavy atom. The maximum atomic E-state index is 13.0. The van der Waals surface area contributed by atoms with Gasteiger partial charge < -0.3 is 9.64 Å². The van der Waals surface area contributed by atoms with Crippen LogP contribution < -0.4 is 0 Å². The quantitative estimate of drug-likeness (QED) is 0.832. The Labute approximate surface area is 141 Å². The van der Waals surface area contributed by atoms with Crippen LogP contribution >= 0.6 is 0 Å². The van der Waals surface area contributed by atoms with Crippen LogP contribution in [0.4, 0.5) is 0 Å². The normalized spacial score (nSPS) is 21.0. The summed E-state index contributed by atoms with van der Waals surface area (Å²) in [6.07, 6.45) is 3.61. The largest absolute Gasteiger partial charge is 0.379 e. The summed E-state index contributed by atoms with van der Waals surface area (Å²) in [4.78, 5) is 14.8. The molecule has 1 amide bonds. The molecule has 1 aliphatic heterocycles. The summed E-state index contributed by atoms with van der Waals surface area (Å²) in [6.45, 7) is 5.21. The number of methoxy groups -OCH3 is 1. The van der Waals surface area contributed by atoms with E-state index in [9.17, 15) is 4.79 Å². The summed E-state index contributed by atoms with van der Waals surface area (Å²) in [5.74, 6) is 0.230. The Morgan fingerprint density at radius 3 is 2.58 bits per heavy atom. The molecule has 0 radical (unpaired) electrons. The number of carbonyl (C=O) groups is 1. The Kier molecular flexibility index (Phi) is 4.40. The van der Waals surface area contributed by atoms with E-state index in [1.807, 2.05) is 39.0 Å². The molecule has 130 valence electrons. The van der Waals surface area contributed by atoms with E-state index >= 15 is 0 Å². The summed E-state index contributed by atoms with van der Waals surface area (Å²) in [6, 6.07) is 0. The molecular formula is C16H24N6O2. The molecule has 0 N–H and O–H groups in total. The third kappa shape index (κ3) is 2.93. The van der Waals surface area contributed by atoms with E-state index in [0.29, 0.717) is 18.7 Å². The van der Waals surface area contributed by atoms with Gasteiger partial charge in [0.15, 0.2) is 0 Å². The highest BCUT2D eigenvalue weighted by Crippen LogP contribution is 2.30. The molecule has 2 atom stereocenters. The fourth-order valence-corrected chi connectivity index (χ4v) is 3.26. The number of aromatic nitrogens is 5. The van der Waals surface area contributed by atoms with Gasteiger partial charge in [-0.3, -0.25) is 14.2 Å². The lowest BCUT2D eigenvalue weighted by atomic mass is 10.0. The first kappa shape index (κ1) is 16.6. The summed E-state index contributed by atoms with van der Waals surface area (Å²) in [5, 5.41) is 12.6. The lowest BCUT2D eigenvalue weighted by Crippen LogP contribution is -2.30. The van der Waals surface area contributed by atoms with Crippen molar-refractivity contribution in [2.45, 2.75) is 31.8 Å². The van der Waals surface area contributed by atoms with Crippen molar-refractivity contribution in [3.05, 3.63) is 29.3 Å². The fraction of sp³-hybridized carbons (Fsp3) is 0.625. The zero-order valence-electron chi connectivity index (χ0n) is 14.8. The molecule has 2 aromatic rings. The van der Waals surface area contributed by atoms with Crippen LogP contribution in [0, 0.1) is 0 Å². The van der Waals surface area contributed by atoms with Crippen LogP contribution in [0.5, 0.6) is 0 Å². The van der Waals surface area contributed by atoms with Crippen molar-refractivity contribution in [1.29, 1.82) is 0 Å². The number of aryl methyl sites for hydroxylation is 2. The minimum absolute atomic E-state index is 0.000223. The molecule has 0 saturated carbocycles. The second-order valence-corrected chi connectivity index (χ2v) is 6.66. The molecule has 8 heteroatoms. The number of ether oxygens (including phenoxy) is 1. The van der Waals surface area contributed by atoms with E-state index in [1.54, 1.807) is 22.7 Å². The van der Waals surface area contributed by atoms with E-state index in [1.165, 1.54) is 0 Å². The molecular weight excluding hydrogens is 308 g/mol. The SMILES string of the molecule is CO[C@@H]1CN(C(=O)c2cn(C)nc2C(C)C)C[C@H]1c1cn(C)nn1. The van der Waals surface area contributed by atoms with Crippen molar-refractivity contribution < 1.29 is 9.53 Å². The third-order valence-corrected chi connectivity index (χ3v) is 4.49. The van der Waals surface area contributed by atoms with E-state index < -0.39 is 0 Å².